The molecule has 306 valence electrons. The minimum atomic E-state index is 0.547. The molecule has 0 aliphatic rings. The lowest BCUT2D eigenvalue weighted by atomic mass is 10.0. The first-order valence-corrected chi connectivity index (χ1v) is 23.0. The molecule has 5 heterocycles. The van der Waals surface area contributed by atoms with Gasteiger partial charge < -0.3 is 8.98 Å². The molecule has 0 amide bonds. The van der Waals surface area contributed by atoms with Gasteiger partial charge in [-0.25, -0.2) is 4.98 Å². The van der Waals surface area contributed by atoms with Gasteiger partial charge in [-0.15, -0.1) is 11.3 Å². The third-order valence-electron chi connectivity index (χ3n) is 13.5. The number of fused-ring (bicyclic) bond motifs is 15. The molecule has 15 aromatic rings. The van der Waals surface area contributed by atoms with Crippen molar-refractivity contribution in [3.63, 3.8) is 0 Å². The SMILES string of the molecule is c1ccc2cc3c(cc2c1)c1c2ccccc2ccc1n3-c1c(-c2nc(-c3cccc4sc5ccccc5c34)nc(-n3c4ccccc4c4ccccc43)n2)ccc2oc3ccccc3c12. The fourth-order valence-corrected chi connectivity index (χ4v) is 11.9. The van der Waals surface area contributed by atoms with Gasteiger partial charge in [0.05, 0.1) is 33.1 Å². The highest BCUT2D eigenvalue weighted by molar-refractivity contribution is 7.25. The number of aromatic nitrogens is 5. The van der Waals surface area contributed by atoms with Crippen LogP contribution in [-0.2, 0) is 0 Å². The van der Waals surface area contributed by atoms with Crippen molar-refractivity contribution >= 4 is 119 Å². The van der Waals surface area contributed by atoms with Crippen molar-refractivity contribution in [3.8, 4) is 34.4 Å². The first-order valence-electron chi connectivity index (χ1n) is 22.2. The number of nitrogens with zero attached hydrogens (tertiary/aromatic N) is 5. The zero-order valence-electron chi connectivity index (χ0n) is 35.1. The number of rotatable bonds is 4. The second-order valence-electron chi connectivity index (χ2n) is 17.1. The Morgan fingerprint density at radius 3 is 1.79 bits per heavy atom. The average Bonchev–Trinajstić information content (AvgIpc) is 4.13. The Bertz CT molecular complexity index is 4500. The molecule has 66 heavy (non-hydrogen) atoms. The summed E-state index contributed by atoms with van der Waals surface area (Å²) in [6.45, 7) is 0. The number of para-hydroxylation sites is 3. The van der Waals surface area contributed by atoms with Gasteiger partial charge in [0.1, 0.15) is 11.2 Å². The van der Waals surface area contributed by atoms with E-state index >= 15 is 0 Å². The zero-order valence-corrected chi connectivity index (χ0v) is 35.9. The second-order valence-corrected chi connectivity index (χ2v) is 18.2. The normalized spacial score (nSPS) is 12.2. The van der Waals surface area contributed by atoms with Crippen LogP contribution in [0.4, 0.5) is 0 Å². The number of hydrogen-bond donors (Lipinski definition) is 0. The highest BCUT2D eigenvalue weighted by Crippen LogP contribution is 2.46. The fraction of sp³-hybridized carbons (Fsp3) is 0. The highest BCUT2D eigenvalue weighted by Gasteiger charge is 2.26. The standard InChI is InChI=1S/C59H33N5OS/c1-2-16-36-33-48-44(32-35(36)15-1)53-37-17-4-3-14-34(37)28-30-47(53)63(48)56-43(29-31-50-55(56)40-20-7-11-25-49(40)65-50)58-60-57(42-22-13-27-52-54(42)41-21-8-12-26-51(41)66-52)61-59(62-58)64-45-23-9-5-18-38(45)39-19-6-10-24-46(39)64/h1-33H. The smallest absolute Gasteiger partial charge is 0.238 e. The largest absolute Gasteiger partial charge is 0.456 e. The first-order chi connectivity index (χ1) is 32.7. The van der Waals surface area contributed by atoms with Crippen molar-refractivity contribution in [1.29, 1.82) is 0 Å². The van der Waals surface area contributed by atoms with Crippen molar-refractivity contribution in [3.05, 3.63) is 200 Å². The van der Waals surface area contributed by atoms with E-state index in [9.17, 15) is 0 Å². The Kier molecular flexibility index (Phi) is 7.28. The summed E-state index contributed by atoms with van der Waals surface area (Å²) < 4.78 is 13.8. The van der Waals surface area contributed by atoms with Crippen LogP contribution in [-0.4, -0.2) is 24.1 Å². The maximum atomic E-state index is 6.73. The molecule has 7 heteroatoms. The van der Waals surface area contributed by atoms with Crippen LogP contribution in [0, 0.1) is 0 Å². The first kappa shape index (κ1) is 35.8. The van der Waals surface area contributed by atoms with Crippen molar-refractivity contribution < 1.29 is 4.42 Å². The molecular weight excluding hydrogens is 827 g/mol. The fourth-order valence-electron chi connectivity index (χ4n) is 10.7. The van der Waals surface area contributed by atoms with E-state index in [-0.39, 0.29) is 0 Å². The molecule has 5 aromatic heterocycles. The van der Waals surface area contributed by atoms with E-state index in [4.69, 9.17) is 19.4 Å². The zero-order chi connectivity index (χ0) is 43.0. The summed E-state index contributed by atoms with van der Waals surface area (Å²) in [5.74, 6) is 1.71. The molecule has 0 aliphatic carbocycles. The van der Waals surface area contributed by atoms with Crippen LogP contribution in [0.25, 0.3) is 142 Å². The third kappa shape index (κ3) is 4.97. The van der Waals surface area contributed by atoms with Crippen LogP contribution in [0.1, 0.15) is 0 Å². The Morgan fingerprint density at radius 2 is 0.985 bits per heavy atom. The number of hydrogen-bond acceptors (Lipinski definition) is 5. The van der Waals surface area contributed by atoms with Gasteiger partial charge >= 0.3 is 0 Å². The minimum absolute atomic E-state index is 0.547. The minimum Gasteiger partial charge on any atom is -0.456 e. The number of furan rings is 1. The quantitative estimate of drug-likeness (QED) is 0.177. The molecule has 6 nitrogen and oxygen atoms in total. The monoisotopic (exact) mass is 859 g/mol. The van der Waals surface area contributed by atoms with E-state index < -0.39 is 0 Å². The molecule has 0 N–H and O–H groups in total. The number of benzene rings is 10. The van der Waals surface area contributed by atoms with E-state index in [0.29, 0.717) is 17.6 Å². The molecule has 0 bridgehead atoms. The van der Waals surface area contributed by atoms with Crippen molar-refractivity contribution in [2.75, 3.05) is 0 Å². The maximum absolute atomic E-state index is 6.73. The van der Waals surface area contributed by atoms with Gasteiger partial charge in [-0.3, -0.25) is 4.57 Å². The van der Waals surface area contributed by atoms with Crippen LogP contribution in [0.2, 0.25) is 0 Å². The molecule has 15 rings (SSSR count). The molecule has 0 aliphatic heterocycles. The summed E-state index contributed by atoms with van der Waals surface area (Å²) in [4.78, 5) is 16.7. The Hall–Kier alpha value is -8.65. The van der Waals surface area contributed by atoms with Gasteiger partial charge in [-0.1, -0.05) is 140 Å². The lowest BCUT2D eigenvalue weighted by Gasteiger charge is -2.17. The molecular formula is C59H33N5OS. The van der Waals surface area contributed by atoms with Gasteiger partial charge in [0.2, 0.25) is 5.95 Å². The molecule has 0 atom stereocenters. The summed E-state index contributed by atoms with van der Waals surface area (Å²) in [6.07, 6.45) is 0. The summed E-state index contributed by atoms with van der Waals surface area (Å²) in [5, 5.41) is 13.7. The van der Waals surface area contributed by atoms with Crippen LogP contribution >= 0.6 is 11.3 Å². The summed E-state index contributed by atoms with van der Waals surface area (Å²) in [7, 11) is 0. The van der Waals surface area contributed by atoms with E-state index in [1.807, 2.05) is 6.07 Å². The van der Waals surface area contributed by atoms with E-state index in [0.717, 1.165) is 82.4 Å². The Labute approximate surface area is 379 Å². The molecule has 0 radical (unpaired) electrons. The summed E-state index contributed by atoms with van der Waals surface area (Å²) in [5.41, 5.74) is 8.61. The predicted molar refractivity (Wildman–Crippen MR) is 275 cm³/mol. The van der Waals surface area contributed by atoms with Crippen molar-refractivity contribution in [2.24, 2.45) is 0 Å². The summed E-state index contributed by atoms with van der Waals surface area (Å²) >= 11 is 1.79. The van der Waals surface area contributed by atoms with Gasteiger partial charge in [0, 0.05) is 58.2 Å². The number of thiophene rings is 1. The lowest BCUT2D eigenvalue weighted by Crippen LogP contribution is -2.08. The third-order valence-corrected chi connectivity index (χ3v) is 14.7. The van der Waals surface area contributed by atoms with Crippen molar-refractivity contribution in [2.45, 2.75) is 0 Å². The van der Waals surface area contributed by atoms with E-state index in [1.165, 1.54) is 41.7 Å². The predicted octanol–water partition coefficient (Wildman–Crippen LogP) is 16.0. The summed E-state index contributed by atoms with van der Waals surface area (Å²) in [6, 6.07) is 71.3. The molecule has 0 fully saturated rings. The van der Waals surface area contributed by atoms with Gasteiger partial charge in [0.25, 0.3) is 0 Å². The van der Waals surface area contributed by atoms with Crippen LogP contribution in [0.5, 0.6) is 0 Å². The average molecular weight is 860 g/mol. The highest BCUT2D eigenvalue weighted by atomic mass is 32.1. The molecule has 0 unspecified atom stereocenters. The van der Waals surface area contributed by atoms with Gasteiger partial charge in [0.15, 0.2) is 11.6 Å². The van der Waals surface area contributed by atoms with Crippen LogP contribution in [0.15, 0.2) is 205 Å². The maximum Gasteiger partial charge on any atom is 0.238 e. The molecule has 0 saturated heterocycles. The Morgan fingerprint density at radius 1 is 0.348 bits per heavy atom. The molecule has 10 aromatic carbocycles. The van der Waals surface area contributed by atoms with E-state index in [2.05, 4.69) is 203 Å². The Balaban J connectivity index is 1.13. The topological polar surface area (TPSA) is 61.7 Å². The van der Waals surface area contributed by atoms with Crippen LogP contribution in [0.3, 0.4) is 0 Å². The lowest BCUT2D eigenvalue weighted by molar-refractivity contribution is 0.669. The molecule has 0 saturated carbocycles. The second kappa shape index (κ2) is 13.4. The molecule has 0 spiro atoms. The van der Waals surface area contributed by atoms with Gasteiger partial charge in [-0.05, 0) is 82.2 Å². The van der Waals surface area contributed by atoms with E-state index in [1.54, 1.807) is 11.3 Å². The van der Waals surface area contributed by atoms with Crippen molar-refractivity contribution in [1.82, 2.24) is 24.1 Å². The van der Waals surface area contributed by atoms with Gasteiger partial charge in [-0.2, -0.15) is 9.97 Å². The van der Waals surface area contributed by atoms with Crippen LogP contribution < -0.4 is 0 Å².